The van der Waals surface area contributed by atoms with Gasteiger partial charge in [0.05, 0.1) is 0 Å². The number of carbonyl (C=O) groups is 1. The molecule has 0 aromatic heterocycles. The van der Waals surface area contributed by atoms with Crippen LogP contribution in [0.3, 0.4) is 0 Å². The summed E-state index contributed by atoms with van der Waals surface area (Å²) in [5.41, 5.74) is 1.68. The number of thioether (sulfide) groups is 1. The van der Waals surface area contributed by atoms with Gasteiger partial charge in [-0.2, -0.15) is 0 Å². The second-order valence-electron chi connectivity index (χ2n) is 6.89. The molecule has 0 heterocycles. The number of aliphatic carboxylic acids is 1. The molecule has 2 aromatic rings. The molecular formula is C21H27BClNO4S2. The molecule has 0 amide bonds. The van der Waals surface area contributed by atoms with Crippen molar-refractivity contribution in [1.29, 1.82) is 0 Å². The zero-order chi connectivity index (χ0) is 22.3. The van der Waals surface area contributed by atoms with Crippen LogP contribution in [0.5, 0.6) is 5.75 Å². The van der Waals surface area contributed by atoms with E-state index in [0.717, 1.165) is 28.2 Å². The summed E-state index contributed by atoms with van der Waals surface area (Å²) >= 11 is 7.88. The average Bonchev–Trinajstić information content (AvgIpc) is 2.68. The third-order valence-electron chi connectivity index (χ3n) is 4.56. The van der Waals surface area contributed by atoms with E-state index in [4.69, 9.17) is 21.4 Å². The molecule has 2 rings (SSSR count). The minimum absolute atomic E-state index is 0.361. The van der Waals surface area contributed by atoms with Gasteiger partial charge in [0.1, 0.15) is 0 Å². The molecule has 0 spiro atoms. The van der Waals surface area contributed by atoms with Gasteiger partial charge >= 0.3 is 180 Å². The molecule has 0 saturated carbocycles. The Bertz CT molecular complexity index is 998. The van der Waals surface area contributed by atoms with E-state index in [1.54, 1.807) is 23.9 Å². The summed E-state index contributed by atoms with van der Waals surface area (Å²) < 4.78 is 20.8. The first kappa shape index (κ1) is 24.8. The van der Waals surface area contributed by atoms with Crippen molar-refractivity contribution in [3.05, 3.63) is 52.5 Å². The van der Waals surface area contributed by atoms with Crippen molar-refractivity contribution >= 4 is 45.6 Å². The van der Waals surface area contributed by atoms with Gasteiger partial charge in [-0.3, -0.25) is 0 Å². The molecule has 1 atom stereocenters. The molecule has 9 heteroatoms. The number of carboxylic acid groups (broad SMARTS) is 1. The van der Waals surface area contributed by atoms with Crippen molar-refractivity contribution in [2.24, 2.45) is 0 Å². The Hall–Kier alpha value is -1.48. The SMILES string of the molecule is B=S(=O)(c1cccc(Cl)c1C)N(CCC)CCSc1ccc(OCC(=O)O)c(C)c1. The summed E-state index contributed by atoms with van der Waals surface area (Å²) in [6.07, 6.45) is 0.867. The summed E-state index contributed by atoms with van der Waals surface area (Å²) in [5.74, 6) is 0.295. The fraction of sp³-hybridized carbons (Fsp3) is 0.381. The molecule has 5 nitrogen and oxygen atoms in total. The average molecular weight is 468 g/mol. The second-order valence-corrected chi connectivity index (χ2v) is 10.7. The minimum atomic E-state index is -2.64. The number of benzene rings is 2. The van der Waals surface area contributed by atoms with Gasteiger partial charge < -0.3 is 5.11 Å². The Morgan fingerprint density at radius 1 is 1.27 bits per heavy atom. The van der Waals surface area contributed by atoms with Crippen LogP contribution >= 0.6 is 23.4 Å². The van der Waals surface area contributed by atoms with E-state index >= 15 is 0 Å². The molecule has 0 bridgehead atoms. The van der Waals surface area contributed by atoms with Crippen molar-refractivity contribution < 1.29 is 18.8 Å². The fourth-order valence-electron chi connectivity index (χ4n) is 3.01. The molecule has 1 unspecified atom stereocenters. The first-order chi connectivity index (χ1) is 14.2. The number of halogens is 1. The van der Waals surface area contributed by atoms with Gasteiger partial charge in [0.25, 0.3) is 0 Å². The van der Waals surface area contributed by atoms with Gasteiger partial charge in [-0.05, 0) is 0 Å². The van der Waals surface area contributed by atoms with Crippen molar-refractivity contribution in [2.75, 3.05) is 25.4 Å². The van der Waals surface area contributed by atoms with Crippen LogP contribution in [-0.4, -0.2) is 51.8 Å². The summed E-state index contributed by atoms with van der Waals surface area (Å²) in [6, 6.07) is 11.1. The first-order valence-corrected chi connectivity index (χ1v) is 12.7. The number of hydrogen-bond acceptors (Lipinski definition) is 4. The number of nitrogens with zero attached hydrogens (tertiary/aromatic N) is 1. The second kappa shape index (κ2) is 11.2. The first-order valence-electron chi connectivity index (χ1n) is 9.62. The van der Waals surface area contributed by atoms with E-state index in [-0.39, 0.29) is 6.61 Å². The van der Waals surface area contributed by atoms with Crippen LogP contribution < -0.4 is 4.74 Å². The molecule has 0 radical (unpaired) electrons. The normalized spacial score (nSPS) is 13.2. The van der Waals surface area contributed by atoms with Gasteiger partial charge in [-0.1, -0.05) is 0 Å². The van der Waals surface area contributed by atoms with Gasteiger partial charge in [0.2, 0.25) is 0 Å². The molecule has 0 fully saturated rings. The van der Waals surface area contributed by atoms with Crippen LogP contribution in [0.2, 0.25) is 5.02 Å². The molecule has 0 aliphatic rings. The van der Waals surface area contributed by atoms with Gasteiger partial charge in [0, 0.05) is 0 Å². The van der Waals surface area contributed by atoms with E-state index in [1.165, 1.54) is 0 Å². The van der Waals surface area contributed by atoms with Crippen LogP contribution in [-0.2, 0) is 14.3 Å². The van der Waals surface area contributed by atoms with Crippen LogP contribution in [0.25, 0.3) is 0 Å². The Morgan fingerprint density at radius 3 is 2.63 bits per heavy atom. The Labute approximate surface area is 189 Å². The summed E-state index contributed by atoms with van der Waals surface area (Å²) in [6.45, 7) is 10.8. The van der Waals surface area contributed by atoms with E-state index < -0.39 is 15.5 Å². The maximum absolute atomic E-state index is 13.6. The van der Waals surface area contributed by atoms with E-state index in [1.807, 2.05) is 42.4 Å². The van der Waals surface area contributed by atoms with Crippen LogP contribution in [0.15, 0.2) is 46.2 Å². The number of rotatable bonds is 11. The summed E-state index contributed by atoms with van der Waals surface area (Å²) in [4.78, 5) is 12.4. The van der Waals surface area contributed by atoms with Crippen molar-refractivity contribution in [2.45, 2.75) is 37.0 Å². The van der Waals surface area contributed by atoms with Crippen molar-refractivity contribution in [3.8, 4) is 5.75 Å². The van der Waals surface area contributed by atoms with Gasteiger partial charge in [0.15, 0.2) is 0 Å². The standard InChI is InChI=1S/C21H27BClNO4S2/c1-4-10-24(30(22,27)20-7-5-6-18(23)16(20)3)11-12-29-17-8-9-19(15(2)13-17)28-14-21(25)26/h5-9,13,22H,4,10-12,14H2,1-3H3,(H,25,26). The van der Waals surface area contributed by atoms with E-state index in [0.29, 0.717) is 28.8 Å². The monoisotopic (exact) mass is 467 g/mol. The Morgan fingerprint density at radius 2 is 2.00 bits per heavy atom. The Balaban J connectivity index is 2.07. The molecule has 2 aromatic carbocycles. The van der Waals surface area contributed by atoms with Gasteiger partial charge in [-0.15, -0.1) is 0 Å². The number of carboxylic acids is 1. The predicted molar refractivity (Wildman–Crippen MR) is 127 cm³/mol. The zero-order valence-corrected chi connectivity index (χ0v) is 19.9. The zero-order valence-electron chi connectivity index (χ0n) is 17.5. The predicted octanol–water partition coefficient (Wildman–Crippen LogP) is 4.30. The third kappa shape index (κ3) is 6.51. The molecule has 0 aliphatic carbocycles. The number of ether oxygens (including phenoxy) is 1. The molecule has 0 saturated heterocycles. The van der Waals surface area contributed by atoms with Gasteiger partial charge in [-0.25, -0.2) is 4.79 Å². The van der Waals surface area contributed by atoms with E-state index in [9.17, 15) is 9.00 Å². The van der Waals surface area contributed by atoms with Crippen LogP contribution in [0.4, 0.5) is 0 Å². The summed E-state index contributed by atoms with van der Waals surface area (Å²) in [7, 11) is -2.64. The molecular weight excluding hydrogens is 441 g/mol. The van der Waals surface area contributed by atoms with Crippen molar-refractivity contribution in [1.82, 2.24) is 4.31 Å². The molecule has 0 aliphatic heterocycles. The third-order valence-corrected chi connectivity index (χ3v) is 8.27. The summed E-state index contributed by atoms with van der Waals surface area (Å²) in [5, 5.41) is 9.34. The van der Waals surface area contributed by atoms with E-state index in [2.05, 4.69) is 13.6 Å². The molecule has 30 heavy (non-hydrogen) atoms. The topological polar surface area (TPSA) is 66.8 Å². The molecule has 162 valence electrons. The number of hydrogen-bond donors (Lipinski definition) is 1. The number of aryl methyl sites for hydroxylation is 1. The maximum atomic E-state index is 13.6. The Kier molecular flexibility index (Phi) is 9.28. The fourth-order valence-corrected chi connectivity index (χ4v) is 6.35. The van der Waals surface area contributed by atoms with Crippen LogP contribution in [0, 0.1) is 13.8 Å². The quantitative estimate of drug-likeness (QED) is 0.394. The van der Waals surface area contributed by atoms with Crippen LogP contribution in [0.1, 0.15) is 24.5 Å². The van der Waals surface area contributed by atoms with Crippen molar-refractivity contribution in [3.63, 3.8) is 0 Å². The molecule has 1 N–H and O–H groups in total.